The molecule has 17 heavy (non-hydrogen) atoms. The van der Waals surface area contributed by atoms with E-state index in [9.17, 15) is 9.90 Å². The third-order valence-electron chi connectivity index (χ3n) is 2.88. The number of rotatable bonds is 2. The molecule has 1 aliphatic heterocycles. The summed E-state index contributed by atoms with van der Waals surface area (Å²) in [5.41, 5.74) is 2.18. The highest BCUT2D eigenvalue weighted by Gasteiger charge is 2.21. The van der Waals surface area contributed by atoms with Crippen LogP contribution >= 0.6 is 0 Å². The average Bonchev–Trinajstić information content (AvgIpc) is 2.38. The van der Waals surface area contributed by atoms with Gasteiger partial charge in [-0.3, -0.25) is 0 Å². The highest BCUT2D eigenvalue weighted by molar-refractivity contribution is 5.99. The number of hydrogen-bond acceptors (Lipinski definition) is 4. The highest BCUT2D eigenvalue weighted by atomic mass is 16.5. The zero-order chi connectivity index (χ0) is 12.3. The molecule has 0 saturated carbocycles. The number of methoxy groups -OCH3 is 1. The lowest BCUT2D eigenvalue weighted by molar-refractivity contribution is -0.136. The molecule has 1 aliphatic rings. The fraction of sp³-hybridized carbons (Fsp3) is 0.308. The first-order chi connectivity index (χ1) is 8.24. The summed E-state index contributed by atoms with van der Waals surface area (Å²) in [6.45, 7) is 1.28. The third-order valence-corrected chi connectivity index (χ3v) is 2.88. The number of ether oxygens (including phenoxy) is 1. The van der Waals surface area contributed by atoms with E-state index >= 15 is 0 Å². The van der Waals surface area contributed by atoms with E-state index in [1.165, 1.54) is 7.11 Å². The molecule has 0 atom stereocenters. The number of carbonyl (C=O) groups is 1. The van der Waals surface area contributed by atoms with Gasteiger partial charge >= 0.3 is 5.97 Å². The van der Waals surface area contributed by atoms with E-state index in [1.54, 1.807) is 12.1 Å². The van der Waals surface area contributed by atoms with Crippen molar-refractivity contribution in [3.05, 3.63) is 35.4 Å². The maximum absolute atomic E-state index is 11.7. The van der Waals surface area contributed by atoms with Crippen molar-refractivity contribution in [2.24, 2.45) is 0 Å². The monoisotopic (exact) mass is 233 g/mol. The lowest BCUT2D eigenvalue weighted by Crippen LogP contribution is -2.28. The molecule has 1 aromatic rings. The van der Waals surface area contributed by atoms with Gasteiger partial charge in [0, 0.05) is 12.1 Å². The van der Waals surface area contributed by atoms with Gasteiger partial charge in [-0.05, 0) is 24.6 Å². The summed E-state index contributed by atoms with van der Waals surface area (Å²) in [7, 11) is 1.37. The molecule has 0 aromatic heterocycles. The molecule has 0 fully saturated rings. The van der Waals surface area contributed by atoms with Crippen molar-refractivity contribution in [1.82, 2.24) is 5.32 Å². The predicted octanol–water partition coefficient (Wildman–Crippen LogP) is 1.31. The minimum Gasteiger partial charge on any atom is -0.507 e. The number of hydrogen-bond donors (Lipinski definition) is 2. The topological polar surface area (TPSA) is 58.6 Å². The first kappa shape index (κ1) is 11.7. The molecule has 0 radical (unpaired) electrons. The molecule has 1 heterocycles. The molecular formula is C13H15NO3. The van der Waals surface area contributed by atoms with Gasteiger partial charge in [-0.2, -0.15) is 0 Å². The Bertz CT molecular complexity index is 465. The van der Waals surface area contributed by atoms with E-state index < -0.39 is 0 Å². The molecule has 90 valence electrons. The molecule has 4 heteroatoms. The van der Waals surface area contributed by atoms with Gasteiger partial charge in [0.25, 0.3) is 0 Å². The second-order valence-corrected chi connectivity index (χ2v) is 3.89. The second kappa shape index (κ2) is 5.01. The van der Waals surface area contributed by atoms with Crippen LogP contribution in [0, 0.1) is 0 Å². The van der Waals surface area contributed by atoms with Gasteiger partial charge in [-0.15, -0.1) is 0 Å². The van der Waals surface area contributed by atoms with Crippen LogP contribution in [0.4, 0.5) is 0 Å². The second-order valence-electron chi connectivity index (χ2n) is 3.89. The molecule has 4 nitrogen and oxygen atoms in total. The average molecular weight is 233 g/mol. The van der Waals surface area contributed by atoms with Gasteiger partial charge in [0.2, 0.25) is 0 Å². The quantitative estimate of drug-likeness (QED) is 0.756. The van der Waals surface area contributed by atoms with Crippen molar-refractivity contribution in [3.63, 3.8) is 0 Å². The van der Waals surface area contributed by atoms with Gasteiger partial charge in [0.1, 0.15) is 5.75 Å². The maximum Gasteiger partial charge on any atom is 0.335 e. The van der Waals surface area contributed by atoms with Gasteiger partial charge in [-0.25, -0.2) is 4.79 Å². The van der Waals surface area contributed by atoms with Crippen molar-refractivity contribution < 1.29 is 14.6 Å². The largest absolute Gasteiger partial charge is 0.507 e. The van der Waals surface area contributed by atoms with E-state index in [0.29, 0.717) is 18.5 Å². The molecule has 0 bridgehead atoms. The molecule has 0 aliphatic carbocycles. The molecule has 2 N–H and O–H groups in total. The first-order valence-corrected chi connectivity index (χ1v) is 5.53. The van der Waals surface area contributed by atoms with Crippen molar-refractivity contribution >= 4 is 11.5 Å². The van der Waals surface area contributed by atoms with E-state index in [4.69, 9.17) is 4.74 Å². The van der Waals surface area contributed by atoms with Gasteiger partial charge in [0.05, 0.1) is 12.7 Å². The SMILES string of the molecule is COC(=O)C1=C(c2ccccc2O)CCNC1. The van der Waals surface area contributed by atoms with Crippen molar-refractivity contribution in [3.8, 4) is 5.75 Å². The number of phenolic OH excluding ortho intramolecular Hbond substituents is 1. The van der Waals surface area contributed by atoms with Crippen LogP contribution in [-0.2, 0) is 9.53 Å². The van der Waals surface area contributed by atoms with E-state index in [0.717, 1.165) is 17.7 Å². The van der Waals surface area contributed by atoms with Crippen LogP contribution < -0.4 is 5.32 Å². The number of nitrogens with one attached hydrogen (secondary N) is 1. The highest BCUT2D eigenvalue weighted by Crippen LogP contribution is 2.31. The maximum atomic E-state index is 11.7. The third kappa shape index (κ3) is 2.31. The molecule has 0 unspecified atom stereocenters. The normalized spacial score (nSPS) is 15.8. The molecule has 1 aromatic carbocycles. The van der Waals surface area contributed by atoms with Crippen molar-refractivity contribution in [1.29, 1.82) is 0 Å². The number of carbonyl (C=O) groups excluding carboxylic acids is 1. The Morgan fingerprint density at radius 2 is 2.18 bits per heavy atom. The lowest BCUT2D eigenvalue weighted by Gasteiger charge is -2.20. The molecular weight excluding hydrogens is 218 g/mol. The number of phenols is 1. The Morgan fingerprint density at radius 3 is 2.88 bits per heavy atom. The Hall–Kier alpha value is -1.81. The summed E-state index contributed by atoms with van der Waals surface area (Å²) in [5.74, 6) is -0.138. The molecule has 0 amide bonds. The summed E-state index contributed by atoms with van der Waals surface area (Å²) in [5, 5.41) is 13.0. The first-order valence-electron chi connectivity index (χ1n) is 5.53. The molecule has 0 spiro atoms. The van der Waals surface area contributed by atoms with Gasteiger partial charge < -0.3 is 15.2 Å². The fourth-order valence-corrected chi connectivity index (χ4v) is 2.03. The lowest BCUT2D eigenvalue weighted by atomic mass is 9.93. The van der Waals surface area contributed by atoms with Crippen LogP contribution in [0.3, 0.4) is 0 Å². The predicted molar refractivity (Wildman–Crippen MR) is 64.5 cm³/mol. The number of para-hydroxylation sites is 1. The zero-order valence-electron chi connectivity index (χ0n) is 9.69. The van der Waals surface area contributed by atoms with Crippen LogP contribution in [0.2, 0.25) is 0 Å². The molecule has 2 rings (SSSR count). The number of benzene rings is 1. The smallest absolute Gasteiger partial charge is 0.335 e. The minimum atomic E-state index is -0.338. The van der Waals surface area contributed by atoms with Crippen LogP contribution in [-0.4, -0.2) is 31.3 Å². The van der Waals surface area contributed by atoms with E-state index in [1.807, 2.05) is 12.1 Å². The van der Waals surface area contributed by atoms with Gasteiger partial charge in [-0.1, -0.05) is 18.2 Å². The standard InChI is InChI=1S/C13H15NO3/c1-17-13(16)11-8-14-7-6-9(11)10-4-2-3-5-12(10)15/h2-5,14-15H,6-8H2,1H3. The number of aromatic hydroxyl groups is 1. The minimum absolute atomic E-state index is 0.200. The fourth-order valence-electron chi connectivity index (χ4n) is 2.03. The van der Waals surface area contributed by atoms with Crippen molar-refractivity contribution in [2.45, 2.75) is 6.42 Å². The molecule has 0 saturated heterocycles. The van der Waals surface area contributed by atoms with Crippen molar-refractivity contribution in [2.75, 3.05) is 20.2 Å². The summed E-state index contributed by atoms with van der Waals surface area (Å²) in [6.07, 6.45) is 0.710. The summed E-state index contributed by atoms with van der Waals surface area (Å²) < 4.78 is 4.76. The zero-order valence-corrected chi connectivity index (χ0v) is 9.69. The Labute approximate surface area is 99.9 Å². The van der Waals surface area contributed by atoms with Crippen LogP contribution in [0.15, 0.2) is 29.8 Å². The Morgan fingerprint density at radius 1 is 1.41 bits per heavy atom. The van der Waals surface area contributed by atoms with E-state index in [2.05, 4.69) is 5.32 Å². The summed E-state index contributed by atoms with van der Waals surface area (Å²) >= 11 is 0. The van der Waals surface area contributed by atoms with Crippen LogP contribution in [0.5, 0.6) is 5.75 Å². The van der Waals surface area contributed by atoms with E-state index in [-0.39, 0.29) is 11.7 Å². The Kier molecular flexibility index (Phi) is 3.44. The summed E-state index contributed by atoms with van der Waals surface area (Å²) in [4.78, 5) is 11.7. The number of esters is 1. The Balaban J connectivity index is 2.49. The van der Waals surface area contributed by atoms with Crippen LogP contribution in [0.1, 0.15) is 12.0 Å². The van der Waals surface area contributed by atoms with Gasteiger partial charge in [0.15, 0.2) is 0 Å². The summed E-state index contributed by atoms with van der Waals surface area (Å²) in [6, 6.07) is 7.05. The van der Waals surface area contributed by atoms with Crippen LogP contribution in [0.25, 0.3) is 5.57 Å².